The summed E-state index contributed by atoms with van der Waals surface area (Å²) in [4.78, 5) is 7.37. The molecule has 5 atom stereocenters. The number of fused-ring (bicyclic) bond motifs is 1. The van der Waals surface area contributed by atoms with Gasteiger partial charge in [-0.05, 0) is 25.1 Å². The maximum absolute atomic E-state index is 14.5. The third kappa shape index (κ3) is 3.63. The lowest BCUT2D eigenvalue weighted by molar-refractivity contribution is -0.275. The van der Waals surface area contributed by atoms with Gasteiger partial charge < -0.3 is 14.5 Å². The Balaban J connectivity index is 1.96. The number of H-pyrrole nitrogens is 1. The van der Waals surface area contributed by atoms with Crippen LogP contribution >= 0.6 is 0 Å². The van der Waals surface area contributed by atoms with E-state index in [4.69, 9.17) is 14.3 Å². The number of para-hydroxylation sites is 1. The zero-order valence-electron chi connectivity index (χ0n) is 18.6. The molecule has 2 N–H and O–H groups in total. The second-order valence-corrected chi connectivity index (χ2v) is 10.7. The van der Waals surface area contributed by atoms with E-state index in [1.165, 1.54) is 25.3 Å². The van der Waals surface area contributed by atoms with E-state index in [0.717, 1.165) is 20.1 Å². The first-order valence-electron chi connectivity index (χ1n) is 10.2. The van der Waals surface area contributed by atoms with Crippen molar-refractivity contribution in [3.05, 3.63) is 53.4 Å². The molecular formula is C22H22F5N3O3S. The van der Waals surface area contributed by atoms with Gasteiger partial charge >= 0.3 is 6.18 Å². The zero-order valence-corrected chi connectivity index (χ0v) is 19.4. The van der Waals surface area contributed by atoms with E-state index in [2.05, 4.69) is 9.97 Å². The average molecular weight is 503 g/mol. The molecule has 1 fully saturated rings. The fourth-order valence-electron chi connectivity index (χ4n) is 4.52. The van der Waals surface area contributed by atoms with Crippen molar-refractivity contribution in [2.75, 3.05) is 13.4 Å². The average Bonchev–Trinajstić information content (AvgIpc) is 3.28. The number of ether oxygens (including phenoxy) is 2. The summed E-state index contributed by atoms with van der Waals surface area (Å²) >= 11 is 0. The minimum atomic E-state index is -4.79. The van der Waals surface area contributed by atoms with Crippen LogP contribution in [0.15, 0.2) is 35.2 Å². The Kier molecular flexibility index (Phi) is 5.67. The lowest BCUT2D eigenvalue weighted by Crippen LogP contribution is -2.46. The highest BCUT2D eigenvalue weighted by Gasteiger charge is 2.65. The third-order valence-electron chi connectivity index (χ3n) is 6.50. The molecule has 12 heteroatoms. The highest BCUT2D eigenvalue weighted by atomic mass is 32.2. The summed E-state index contributed by atoms with van der Waals surface area (Å²) in [5.74, 6) is -5.46. The Morgan fingerprint density at radius 1 is 1.24 bits per heavy atom. The van der Waals surface area contributed by atoms with Crippen molar-refractivity contribution in [2.24, 2.45) is 5.92 Å². The summed E-state index contributed by atoms with van der Waals surface area (Å²) in [6.45, 7) is 2.21. The number of nitrogens with one attached hydrogen (secondary N) is 2. The van der Waals surface area contributed by atoms with Crippen molar-refractivity contribution < 1.29 is 35.6 Å². The van der Waals surface area contributed by atoms with Crippen molar-refractivity contribution in [3.8, 4) is 5.75 Å². The summed E-state index contributed by atoms with van der Waals surface area (Å²) in [5, 5.41) is 0. The van der Waals surface area contributed by atoms with E-state index in [0.29, 0.717) is 5.52 Å². The third-order valence-corrected chi connectivity index (χ3v) is 7.66. The molecule has 1 aromatic heterocycles. The lowest BCUT2D eigenvalue weighted by atomic mass is 9.77. The molecule has 1 aliphatic heterocycles. The van der Waals surface area contributed by atoms with Gasteiger partial charge in [0.05, 0.1) is 27.3 Å². The predicted octanol–water partition coefficient (Wildman–Crippen LogP) is 5.70. The summed E-state index contributed by atoms with van der Waals surface area (Å²) < 4.78 is 102. The molecule has 34 heavy (non-hydrogen) atoms. The molecule has 0 aliphatic carbocycles. The number of imidazole rings is 1. The molecule has 0 radical (unpaired) electrons. The molecular weight excluding hydrogens is 481 g/mol. The standard InChI is InChI=1S/C22H22F5N3O3S/c1-10-15(11-8-9-12(23)16(24)18(11)32-3)19(33-21(10,2)22(25,26)27)20-29-13-6-5-7-14(17(13)30-20)34(4,28)31/h5-10,15,19,28H,1-4H3,(H,29,30)/t10-,15-,19+,21+,34-/m0/s1. The Bertz CT molecular complexity index is 1370. The topological polar surface area (TPSA) is 88.1 Å². The van der Waals surface area contributed by atoms with E-state index >= 15 is 0 Å². The second-order valence-electron chi connectivity index (χ2n) is 8.56. The molecule has 0 spiro atoms. The van der Waals surface area contributed by atoms with Crippen LogP contribution in [0.4, 0.5) is 22.0 Å². The Morgan fingerprint density at radius 3 is 2.50 bits per heavy atom. The van der Waals surface area contributed by atoms with E-state index < -0.39 is 56.8 Å². The number of rotatable bonds is 4. The van der Waals surface area contributed by atoms with Crippen LogP contribution < -0.4 is 4.74 Å². The maximum atomic E-state index is 14.5. The van der Waals surface area contributed by atoms with Gasteiger partial charge in [-0.15, -0.1) is 0 Å². The van der Waals surface area contributed by atoms with Gasteiger partial charge in [0.15, 0.2) is 17.2 Å². The summed E-state index contributed by atoms with van der Waals surface area (Å²) in [5.41, 5.74) is -2.14. The SMILES string of the molecule is COc1c([C@H]2[C@H](c3nc4c([S@@](C)(=N)=O)cccc4[nH]3)O[C@@](C)(C(F)(F)F)[C@H]2C)ccc(F)c1F. The van der Waals surface area contributed by atoms with Crippen LogP contribution in [-0.4, -0.2) is 39.3 Å². The van der Waals surface area contributed by atoms with Crippen molar-refractivity contribution >= 4 is 20.8 Å². The number of aromatic amines is 1. The Labute approximate surface area is 192 Å². The minimum absolute atomic E-state index is 0.00710. The van der Waals surface area contributed by atoms with Crippen LogP contribution in [-0.2, 0) is 14.5 Å². The number of methoxy groups -OCH3 is 1. The summed E-state index contributed by atoms with van der Waals surface area (Å²) in [6, 6.07) is 6.58. The van der Waals surface area contributed by atoms with Crippen LogP contribution in [0.3, 0.4) is 0 Å². The number of alkyl halides is 3. The molecule has 0 saturated carbocycles. The quantitative estimate of drug-likeness (QED) is 0.448. The summed E-state index contributed by atoms with van der Waals surface area (Å²) in [7, 11) is -2.10. The first-order chi connectivity index (χ1) is 15.7. The predicted molar refractivity (Wildman–Crippen MR) is 114 cm³/mol. The second kappa shape index (κ2) is 7.91. The van der Waals surface area contributed by atoms with Gasteiger partial charge in [-0.25, -0.2) is 18.4 Å². The van der Waals surface area contributed by atoms with Crippen LogP contribution in [0.2, 0.25) is 0 Å². The van der Waals surface area contributed by atoms with Gasteiger partial charge in [0.2, 0.25) is 5.82 Å². The van der Waals surface area contributed by atoms with E-state index in [1.807, 2.05) is 0 Å². The molecule has 3 aromatic rings. The number of benzene rings is 2. The van der Waals surface area contributed by atoms with Crippen LogP contribution in [0, 0.1) is 22.3 Å². The highest BCUT2D eigenvalue weighted by Crippen LogP contribution is 2.59. The molecule has 0 amide bonds. The van der Waals surface area contributed by atoms with Gasteiger partial charge in [0.25, 0.3) is 0 Å². The van der Waals surface area contributed by atoms with Gasteiger partial charge in [-0.1, -0.05) is 19.1 Å². The molecule has 184 valence electrons. The number of aromatic nitrogens is 2. The van der Waals surface area contributed by atoms with Crippen LogP contribution in [0.25, 0.3) is 11.0 Å². The number of nitrogens with zero attached hydrogens (tertiary/aromatic N) is 1. The molecule has 2 aromatic carbocycles. The molecule has 2 heterocycles. The van der Waals surface area contributed by atoms with Crippen molar-refractivity contribution in [1.29, 1.82) is 4.78 Å². The number of halogens is 5. The smallest absolute Gasteiger partial charge is 0.417 e. The van der Waals surface area contributed by atoms with E-state index in [9.17, 15) is 26.2 Å². The van der Waals surface area contributed by atoms with Crippen molar-refractivity contribution in [1.82, 2.24) is 9.97 Å². The molecule has 1 aliphatic rings. The van der Waals surface area contributed by atoms with Crippen molar-refractivity contribution in [3.63, 3.8) is 0 Å². The first kappa shape index (κ1) is 24.4. The van der Waals surface area contributed by atoms with Crippen LogP contribution in [0.5, 0.6) is 5.75 Å². The molecule has 6 nitrogen and oxygen atoms in total. The van der Waals surface area contributed by atoms with Crippen molar-refractivity contribution in [2.45, 2.75) is 42.5 Å². The van der Waals surface area contributed by atoms with E-state index in [1.54, 1.807) is 12.1 Å². The van der Waals surface area contributed by atoms with Gasteiger partial charge in [-0.2, -0.15) is 17.6 Å². The molecule has 1 saturated heterocycles. The lowest BCUT2D eigenvalue weighted by Gasteiger charge is -2.32. The Hall–Kier alpha value is -2.73. The van der Waals surface area contributed by atoms with Gasteiger partial charge in [-0.3, -0.25) is 0 Å². The highest BCUT2D eigenvalue weighted by molar-refractivity contribution is 7.92. The summed E-state index contributed by atoms with van der Waals surface area (Å²) in [6.07, 6.45) is -4.94. The maximum Gasteiger partial charge on any atom is 0.417 e. The first-order valence-corrected chi connectivity index (χ1v) is 12.2. The van der Waals surface area contributed by atoms with E-state index in [-0.39, 0.29) is 21.8 Å². The fourth-order valence-corrected chi connectivity index (χ4v) is 5.39. The fraction of sp³-hybridized carbons (Fsp3) is 0.409. The molecule has 0 unspecified atom stereocenters. The number of hydrogen-bond donors (Lipinski definition) is 2. The van der Waals surface area contributed by atoms with Gasteiger partial charge in [0.1, 0.15) is 17.4 Å². The molecule has 4 rings (SSSR count). The minimum Gasteiger partial charge on any atom is -0.493 e. The normalized spacial score (nSPS) is 27.1. The molecule has 0 bridgehead atoms. The Morgan fingerprint density at radius 2 is 1.91 bits per heavy atom. The van der Waals surface area contributed by atoms with Gasteiger partial charge in [0, 0.05) is 23.7 Å². The largest absolute Gasteiger partial charge is 0.493 e. The number of hydrogen-bond acceptors (Lipinski definition) is 5. The van der Waals surface area contributed by atoms with Crippen LogP contribution in [0.1, 0.15) is 37.3 Å². The monoisotopic (exact) mass is 503 g/mol. The zero-order chi connectivity index (χ0) is 25.2.